The molecule has 7 nitrogen and oxygen atoms in total. The predicted octanol–water partition coefficient (Wildman–Crippen LogP) is 3.68. The van der Waals surface area contributed by atoms with Crippen LogP contribution in [0.5, 0.6) is 5.75 Å². The number of carbonyl (C=O) groups is 2. The van der Waals surface area contributed by atoms with Crippen LogP contribution in [-0.2, 0) is 9.53 Å². The molecule has 0 radical (unpaired) electrons. The maximum Gasteiger partial charge on any atom is 0.417 e. The molecule has 0 spiro atoms. The SMILES string of the molecule is COc1c([C@@H]2[C@@H](C(=O)Nc3cc(C(N)=O)ncc3F)O[C@@](C)(C(F)(F)F)[C@@H]2C)ccc(F)c1F. The lowest BCUT2D eigenvalue weighted by Crippen LogP contribution is -2.47. The summed E-state index contributed by atoms with van der Waals surface area (Å²) in [4.78, 5) is 27.8. The summed E-state index contributed by atoms with van der Waals surface area (Å²) in [5.74, 6) is -9.85. The Morgan fingerprint density at radius 2 is 1.85 bits per heavy atom. The van der Waals surface area contributed by atoms with Gasteiger partial charge in [0.15, 0.2) is 23.0 Å². The van der Waals surface area contributed by atoms with E-state index in [1.165, 1.54) is 0 Å². The maximum atomic E-state index is 14.4. The van der Waals surface area contributed by atoms with Crippen molar-refractivity contribution < 1.29 is 45.4 Å². The Hall–Kier alpha value is -3.35. The fraction of sp³-hybridized carbons (Fsp3) is 0.381. The van der Waals surface area contributed by atoms with Crippen LogP contribution in [0.25, 0.3) is 0 Å². The molecule has 2 amide bonds. The van der Waals surface area contributed by atoms with Gasteiger partial charge in [0.2, 0.25) is 5.82 Å². The van der Waals surface area contributed by atoms with Crippen molar-refractivity contribution in [2.75, 3.05) is 12.4 Å². The highest BCUT2D eigenvalue weighted by molar-refractivity contribution is 5.97. The highest BCUT2D eigenvalue weighted by Crippen LogP contribution is 2.55. The van der Waals surface area contributed by atoms with Gasteiger partial charge in [-0.05, 0) is 19.1 Å². The van der Waals surface area contributed by atoms with E-state index in [1.807, 2.05) is 0 Å². The van der Waals surface area contributed by atoms with Gasteiger partial charge in [0.25, 0.3) is 11.8 Å². The first-order chi connectivity index (χ1) is 15.7. The monoisotopic (exact) mass is 491 g/mol. The van der Waals surface area contributed by atoms with E-state index in [9.17, 15) is 35.9 Å². The van der Waals surface area contributed by atoms with Gasteiger partial charge in [-0.15, -0.1) is 0 Å². The molecule has 1 saturated heterocycles. The van der Waals surface area contributed by atoms with E-state index in [0.717, 1.165) is 26.2 Å². The summed E-state index contributed by atoms with van der Waals surface area (Å²) in [7, 11) is 0.984. The van der Waals surface area contributed by atoms with Crippen LogP contribution < -0.4 is 15.8 Å². The number of halogens is 6. The molecule has 0 aliphatic carbocycles. The largest absolute Gasteiger partial charge is 0.493 e. The summed E-state index contributed by atoms with van der Waals surface area (Å²) >= 11 is 0. The molecule has 184 valence electrons. The zero-order chi connectivity index (χ0) is 25.6. The third-order valence-electron chi connectivity index (χ3n) is 5.94. The number of nitrogens with one attached hydrogen (secondary N) is 1. The van der Waals surface area contributed by atoms with Crippen molar-refractivity contribution in [1.29, 1.82) is 0 Å². The topological polar surface area (TPSA) is 104 Å². The van der Waals surface area contributed by atoms with Crippen molar-refractivity contribution in [3.63, 3.8) is 0 Å². The number of hydrogen-bond acceptors (Lipinski definition) is 5. The number of rotatable bonds is 5. The van der Waals surface area contributed by atoms with Gasteiger partial charge in [-0.1, -0.05) is 13.0 Å². The van der Waals surface area contributed by atoms with Crippen LogP contribution in [0.3, 0.4) is 0 Å². The summed E-state index contributed by atoms with van der Waals surface area (Å²) in [6, 6.07) is 2.46. The molecule has 13 heteroatoms. The van der Waals surface area contributed by atoms with Crippen LogP contribution >= 0.6 is 0 Å². The molecule has 0 saturated carbocycles. The minimum absolute atomic E-state index is 0.255. The summed E-state index contributed by atoms with van der Waals surface area (Å²) < 4.78 is 94.1. The molecule has 1 aliphatic heterocycles. The number of amides is 2. The first-order valence-electron chi connectivity index (χ1n) is 9.75. The van der Waals surface area contributed by atoms with Crippen molar-refractivity contribution in [2.24, 2.45) is 11.7 Å². The molecule has 1 aromatic carbocycles. The van der Waals surface area contributed by atoms with Gasteiger partial charge in [-0.3, -0.25) is 9.59 Å². The Balaban J connectivity index is 2.10. The molecular weight excluding hydrogens is 472 g/mol. The van der Waals surface area contributed by atoms with Crippen molar-refractivity contribution in [1.82, 2.24) is 4.98 Å². The van der Waals surface area contributed by atoms with Crippen molar-refractivity contribution in [3.8, 4) is 5.75 Å². The number of methoxy groups -OCH3 is 1. The standard InChI is InChI=1S/C21H19F6N3O4/c1-8-14(9-4-5-10(22)15(24)16(9)33-3)17(34-20(8,2)21(25,26)27)19(32)30-12-6-13(18(28)31)29-7-11(12)23/h4-8,14,17H,1-3H3,(H2,28,31)(H,29,30,32)/t8-,14-,17+,20-/m1/s1. The van der Waals surface area contributed by atoms with E-state index in [0.29, 0.717) is 19.2 Å². The average Bonchev–Trinajstić information content (AvgIpc) is 3.03. The summed E-state index contributed by atoms with van der Waals surface area (Å²) in [5.41, 5.74) is 0.923. The lowest BCUT2D eigenvalue weighted by atomic mass is 9.77. The number of alkyl halides is 3. The molecule has 2 heterocycles. The Bertz CT molecular complexity index is 1140. The van der Waals surface area contributed by atoms with E-state index in [-0.39, 0.29) is 5.56 Å². The highest BCUT2D eigenvalue weighted by atomic mass is 19.4. The van der Waals surface area contributed by atoms with Gasteiger partial charge in [0, 0.05) is 17.4 Å². The Kier molecular flexibility index (Phi) is 6.53. The molecular formula is C21H19F6N3O4. The molecule has 0 unspecified atom stereocenters. The normalized spacial score (nSPS) is 24.7. The van der Waals surface area contributed by atoms with Crippen LogP contribution in [-0.4, -0.2) is 41.8 Å². The van der Waals surface area contributed by atoms with Gasteiger partial charge < -0.3 is 20.5 Å². The van der Waals surface area contributed by atoms with E-state index in [4.69, 9.17) is 15.2 Å². The number of benzene rings is 1. The van der Waals surface area contributed by atoms with Crippen LogP contribution in [0.4, 0.5) is 32.0 Å². The Morgan fingerprint density at radius 1 is 1.21 bits per heavy atom. The van der Waals surface area contributed by atoms with Crippen molar-refractivity contribution >= 4 is 17.5 Å². The number of nitrogens with two attached hydrogens (primary N) is 1. The van der Waals surface area contributed by atoms with Gasteiger partial charge in [0.1, 0.15) is 11.8 Å². The second kappa shape index (κ2) is 8.78. The lowest BCUT2D eigenvalue weighted by Gasteiger charge is -2.32. The smallest absolute Gasteiger partial charge is 0.417 e. The van der Waals surface area contributed by atoms with Gasteiger partial charge in [-0.25, -0.2) is 13.8 Å². The third kappa shape index (κ3) is 4.15. The number of ether oxygens (including phenoxy) is 2. The van der Waals surface area contributed by atoms with E-state index in [1.54, 1.807) is 0 Å². The highest BCUT2D eigenvalue weighted by Gasteiger charge is 2.66. The minimum atomic E-state index is -4.97. The second-order valence-corrected chi connectivity index (χ2v) is 7.84. The average molecular weight is 491 g/mol. The second-order valence-electron chi connectivity index (χ2n) is 7.84. The molecule has 3 N–H and O–H groups in total. The van der Waals surface area contributed by atoms with Gasteiger partial charge in [-0.2, -0.15) is 17.6 Å². The molecule has 2 aromatic rings. The number of primary amides is 1. The van der Waals surface area contributed by atoms with E-state index in [2.05, 4.69) is 10.3 Å². The first-order valence-corrected chi connectivity index (χ1v) is 9.75. The minimum Gasteiger partial charge on any atom is -0.493 e. The third-order valence-corrected chi connectivity index (χ3v) is 5.94. The van der Waals surface area contributed by atoms with Crippen LogP contribution in [0.2, 0.25) is 0 Å². The lowest BCUT2D eigenvalue weighted by molar-refractivity contribution is -0.272. The summed E-state index contributed by atoms with van der Waals surface area (Å²) in [6.07, 6.45) is -6.32. The quantitative estimate of drug-likeness (QED) is 0.622. The molecule has 1 aliphatic rings. The molecule has 0 bridgehead atoms. The predicted molar refractivity (Wildman–Crippen MR) is 105 cm³/mol. The van der Waals surface area contributed by atoms with Crippen LogP contribution in [0.15, 0.2) is 24.4 Å². The number of hydrogen-bond donors (Lipinski definition) is 2. The fourth-order valence-corrected chi connectivity index (χ4v) is 3.91. The van der Waals surface area contributed by atoms with E-state index >= 15 is 0 Å². The number of aromatic nitrogens is 1. The summed E-state index contributed by atoms with van der Waals surface area (Å²) in [5, 5.41) is 2.06. The number of pyridine rings is 1. The zero-order valence-electron chi connectivity index (χ0n) is 18.0. The van der Waals surface area contributed by atoms with Gasteiger partial charge in [0.05, 0.1) is 19.0 Å². The fourth-order valence-electron chi connectivity index (χ4n) is 3.91. The van der Waals surface area contributed by atoms with Gasteiger partial charge >= 0.3 is 6.18 Å². The van der Waals surface area contributed by atoms with Crippen molar-refractivity contribution in [2.45, 2.75) is 37.6 Å². The molecule has 34 heavy (non-hydrogen) atoms. The molecule has 1 aromatic heterocycles. The molecule has 3 rings (SSSR count). The number of nitrogens with zero attached hydrogens (tertiary/aromatic N) is 1. The molecule has 1 fully saturated rings. The maximum absolute atomic E-state index is 14.4. The van der Waals surface area contributed by atoms with E-state index < -0.39 is 76.1 Å². The summed E-state index contributed by atoms with van der Waals surface area (Å²) in [6.45, 7) is 1.84. The first kappa shape index (κ1) is 25.3. The zero-order valence-corrected chi connectivity index (χ0v) is 18.0. The Labute approximate surface area is 189 Å². The van der Waals surface area contributed by atoms with Crippen molar-refractivity contribution in [3.05, 3.63) is 53.1 Å². The molecule has 4 atom stereocenters. The number of carbonyl (C=O) groups excluding carboxylic acids is 2. The van der Waals surface area contributed by atoms with Crippen LogP contribution in [0.1, 0.15) is 35.8 Å². The van der Waals surface area contributed by atoms with Crippen LogP contribution in [0, 0.1) is 23.4 Å². The Morgan fingerprint density at radius 3 is 2.41 bits per heavy atom. The number of anilines is 1.